The van der Waals surface area contributed by atoms with Crippen LogP contribution in [0, 0.1) is 0 Å². The first-order valence-electron chi connectivity index (χ1n) is 4.52. The summed E-state index contributed by atoms with van der Waals surface area (Å²) in [6.45, 7) is 5.80. The van der Waals surface area contributed by atoms with Gasteiger partial charge in [0.25, 0.3) is 0 Å². The molecule has 1 nitrogen and oxygen atoms in total. The molecule has 0 saturated heterocycles. The highest BCUT2D eigenvalue weighted by Gasteiger charge is 2.00. The largest absolute Gasteiger partial charge is 0.303 e. The smallest absolute Gasteiger partial charge is 0.120 e. The Labute approximate surface area is 89.4 Å². The number of rotatable bonds is 4. The Balaban J connectivity index is 2.94. The molecule has 0 amide bonds. The number of hydrogen-bond donors (Lipinski definition) is 0. The minimum Gasteiger partial charge on any atom is -0.303 e. The molecular formula is C12H13ClO. The van der Waals surface area contributed by atoms with E-state index in [1.54, 1.807) is 0 Å². The lowest BCUT2D eigenvalue weighted by atomic mass is 10.0. The van der Waals surface area contributed by atoms with Crippen molar-refractivity contribution in [2.24, 2.45) is 0 Å². The molecule has 0 aliphatic heterocycles. The third-order valence-electron chi connectivity index (χ3n) is 2.00. The quantitative estimate of drug-likeness (QED) is 0.693. The van der Waals surface area contributed by atoms with Crippen LogP contribution < -0.4 is 0 Å². The zero-order valence-electron chi connectivity index (χ0n) is 8.22. The standard InChI is InChI=1S/C12H13ClO/c1-9(2)11-6-10(4-3-5-14)7-12(13)8-11/h5-8H,1,3-4H2,2H3. The maximum atomic E-state index is 10.2. The molecule has 0 bridgehead atoms. The van der Waals surface area contributed by atoms with Crippen LogP contribution in [0.2, 0.25) is 5.02 Å². The Hall–Kier alpha value is -1.08. The summed E-state index contributed by atoms with van der Waals surface area (Å²) < 4.78 is 0. The summed E-state index contributed by atoms with van der Waals surface area (Å²) in [6, 6.07) is 5.80. The lowest BCUT2D eigenvalue weighted by Gasteiger charge is -2.04. The van der Waals surface area contributed by atoms with E-state index < -0.39 is 0 Å². The van der Waals surface area contributed by atoms with Gasteiger partial charge in [0, 0.05) is 11.4 Å². The minimum absolute atomic E-state index is 0.538. The van der Waals surface area contributed by atoms with Gasteiger partial charge in [-0.15, -0.1) is 0 Å². The van der Waals surface area contributed by atoms with E-state index in [4.69, 9.17) is 11.6 Å². The Bertz CT molecular complexity index is 355. The van der Waals surface area contributed by atoms with Crippen LogP contribution in [0.3, 0.4) is 0 Å². The zero-order valence-corrected chi connectivity index (χ0v) is 8.97. The van der Waals surface area contributed by atoms with Crippen molar-refractivity contribution >= 4 is 23.5 Å². The molecule has 0 fully saturated rings. The summed E-state index contributed by atoms with van der Waals surface area (Å²) in [5.74, 6) is 0. The third-order valence-corrected chi connectivity index (χ3v) is 2.22. The molecule has 1 aromatic rings. The van der Waals surface area contributed by atoms with Crippen LogP contribution in [0.25, 0.3) is 5.57 Å². The zero-order chi connectivity index (χ0) is 10.6. The Morgan fingerprint density at radius 3 is 2.79 bits per heavy atom. The normalized spacial score (nSPS) is 9.86. The van der Waals surface area contributed by atoms with Crippen LogP contribution in [0.1, 0.15) is 24.5 Å². The number of halogens is 1. The number of carbonyl (C=O) groups is 1. The van der Waals surface area contributed by atoms with Crippen molar-refractivity contribution in [1.82, 2.24) is 0 Å². The van der Waals surface area contributed by atoms with E-state index in [0.29, 0.717) is 11.4 Å². The molecule has 74 valence electrons. The van der Waals surface area contributed by atoms with Crippen LogP contribution in [-0.2, 0) is 11.2 Å². The van der Waals surface area contributed by atoms with E-state index in [9.17, 15) is 4.79 Å². The van der Waals surface area contributed by atoms with Crippen molar-refractivity contribution in [3.8, 4) is 0 Å². The van der Waals surface area contributed by atoms with Gasteiger partial charge in [0.1, 0.15) is 6.29 Å². The first-order chi connectivity index (χ1) is 6.63. The molecule has 1 rings (SSSR count). The van der Waals surface area contributed by atoms with Gasteiger partial charge < -0.3 is 4.79 Å². The van der Waals surface area contributed by atoms with Crippen molar-refractivity contribution in [2.75, 3.05) is 0 Å². The third kappa shape index (κ3) is 3.00. The van der Waals surface area contributed by atoms with Crippen LogP contribution in [0.15, 0.2) is 24.8 Å². The number of aryl methyl sites for hydroxylation is 1. The molecule has 14 heavy (non-hydrogen) atoms. The fourth-order valence-electron chi connectivity index (χ4n) is 1.27. The average Bonchev–Trinajstić information content (AvgIpc) is 2.14. The van der Waals surface area contributed by atoms with Gasteiger partial charge in [0.05, 0.1) is 0 Å². The fraction of sp³-hybridized carbons (Fsp3) is 0.250. The van der Waals surface area contributed by atoms with E-state index in [-0.39, 0.29) is 0 Å². The summed E-state index contributed by atoms with van der Waals surface area (Å²) in [5, 5.41) is 0.700. The van der Waals surface area contributed by atoms with Crippen LogP contribution in [0.5, 0.6) is 0 Å². The first kappa shape index (κ1) is 11.0. The highest BCUT2D eigenvalue weighted by Crippen LogP contribution is 2.20. The number of carbonyl (C=O) groups excluding carboxylic acids is 1. The van der Waals surface area contributed by atoms with Gasteiger partial charge in [0.2, 0.25) is 0 Å². The van der Waals surface area contributed by atoms with Crippen LogP contribution in [-0.4, -0.2) is 6.29 Å². The van der Waals surface area contributed by atoms with E-state index in [1.165, 1.54) is 0 Å². The van der Waals surface area contributed by atoms with Crippen LogP contribution >= 0.6 is 11.6 Å². The van der Waals surface area contributed by atoms with Gasteiger partial charge in [-0.1, -0.05) is 29.8 Å². The van der Waals surface area contributed by atoms with Gasteiger partial charge in [-0.2, -0.15) is 0 Å². The van der Waals surface area contributed by atoms with Crippen molar-refractivity contribution in [3.05, 3.63) is 40.9 Å². The van der Waals surface area contributed by atoms with Crippen molar-refractivity contribution in [1.29, 1.82) is 0 Å². The Morgan fingerprint density at radius 1 is 1.50 bits per heavy atom. The van der Waals surface area contributed by atoms with Gasteiger partial charge in [0.15, 0.2) is 0 Å². The molecule has 0 aliphatic rings. The second-order valence-electron chi connectivity index (χ2n) is 3.33. The second kappa shape index (κ2) is 4.97. The summed E-state index contributed by atoms with van der Waals surface area (Å²) >= 11 is 5.94. The molecule has 1 aromatic carbocycles. The van der Waals surface area contributed by atoms with E-state index in [0.717, 1.165) is 29.4 Å². The molecule has 0 spiro atoms. The number of benzene rings is 1. The fourth-order valence-corrected chi connectivity index (χ4v) is 1.52. The van der Waals surface area contributed by atoms with Gasteiger partial charge in [-0.3, -0.25) is 0 Å². The van der Waals surface area contributed by atoms with E-state index in [2.05, 4.69) is 6.58 Å². The summed E-state index contributed by atoms with van der Waals surface area (Å²) in [6.07, 6.45) is 2.20. The monoisotopic (exact) mass is 208 g/mol. The lowest BCUT2D eigenvalue weighted by molar-refractivity contribution is -0.107. The Kier molecular flexibility index (Phi) is 3.90. The Morgan fingerprint density at radius 2 is 2.21 bits per heavy atom. The van der Waals surface area contributed by atoms with E-state index in [1.807, 2.05) is 25.1 Å². The van der Waals surface area contributed by atoms with Gasteiger partial charge in [-0.05, 0) is 36.6 Å². The molecule has 0 radical (unpaired) electrons. The average molecular weight is 209 g/mol. The van der Waals surface area contributed by atoms with Crippen molar-refractivity contribution < 1.29 is 4.79 Å². The highest BCUT2D eigenvalue weighted by molar-refractivity contribution is 6.30. The second-order valence-corrected chi connectivity index (χ2v) is 3.77. The van der Waals surface area contributed by atoms with Crippen molar-refractivity contribution in [3.63, 3.8) is 0 Å². The lowest BCUT2D eigenvalue weighted by Crippen LogP contribution is -1.88. The molecule has 0 aliphatic carbocycles. The molecule has 0 heterocycles. The van der Waals surface area contributed by atoms with Gasteiger partial charge in [-0.25, -0.2) is 0 Å². The molecule has 0 unspecified atom stereocenters. The SMILES string of the molecule is C=C(C)c1cc(Cl)cc(CCC=O)c1. The predicted octanol–water partition coefficient (Wildman–Crippen LogP) is 3.50. The predicted molar refractivity (Wildman–Crippen MR) is 60.5 cm³/mol. The summed E-state index contributed by atoms with van der Waals surface area (Å²) in [7, 11) is 0. The highest BCUT2D eigenvalue weighted by atomic mass is 35.5. The number of allylic oxidation sites excluding steroid dienone is 1. The summed E-state index contributed by atoms with van der Waals surface area (Å²) in [4.78, 5) is 10.2. The summed E-state index contributed by atoms with van der Waals surface area (Å²) in [5.41, 5.74) is 3.11. The molecule has 0 N–H and O–H groups in total. The topological polar surface area (TPSA) is 17.1 Å². The molecule has 2 heteroatoms. The maximum Gasteiger partial charge on any atom is 0.120 e. The molecule has 0 atom stereocenters. The maximum absolute atomic E-state index is 10.2. The molecule has 0 saturated carbocycles. The number of hydrogen-bond acceptors (Lipinski definition) is 1. The first-order valence-corrected chi connectivity index (χ1v) is 4.90. The van der Waals surface area contributed by atoms with E-state index >= 15 is 0 Å². The molecule has 0 aromatic heterocycles. The minimum atomic E-state index is 0.538. The van der Waals surface area contributed by atoms with Crippen molar-refractivity contribution in [2.45, 2.75) is 19.8 Å². The van der Waals surface area contributed by atoms with Gasteiger partial charge >= 0.3 is 0 Å². The number of aldehydes is 1. The molecular weight excluding hydrogens is 196 g/mol. The van der Waals surface area contributed by atoms with Crippen LogP contribution in [0.4, 0.5) is 0 Å².